The van der Waals surface area contributed by atoms with Gasteiger partial charge in [-0.3, -0.25) is 0 Å². The van der Waals surface area contributed by atoms with E-state index in [-0.39, 0.29) is 68.4 Å². The van der Waals surface area contributed by atoms with Gasteiger partial charge in [0.25, 0.3) is 0 Å². The molecule has 0 rings (SSSR count). The van der Waals surface area contributed by atoms with E-state index in [4.69, 9.17) is 0 Å². The normalized spacial score (nSPS) is 0. The van der Waals surface area contributed by atoms with Crippen LogP contribution in [0.15, 0.2) is 0 Å². The molecule has 0 fully saturated rings. The zero-order valence-electron chi connectivity index (χ0n) is 2.67. The largest absolute Gasteiger partial charge is 5.00 e. The van der Waals surface area contributed by atoms with Crippen LogP contribution in [0.4, 0.5) is 0 Å². The first-order valence-corrected chi connectivity index (χ1v) is 0. The molecule has 0 spiro atoms. The molecule has 5 heavy (non-hydrogen) atoms. The van der Waals surface area contributed by atoms with Gasteiger partial charge in [0.05, 0.1) is 0 Å². The van der Waals surface area contributed by atoms with E-state index in [1.165, 1.54) is 0 Å². The minimum absolute atomic E-state index is 0. The average Bonchev–Trinajstić information content (AvgIpc) is 0. The summed E-state index contributed by atoms with van der Waals surface area (Å²) in [6.45, 7) is 0. The topological polar surface area (TPSA) is 85.5 Å². The monoisotopic (exact) mass is 164 g/mol. The summed E-state index contributed by atoms with van der Waals surface area (Å²) in [6.07, 6.45) is 0. The Morgan fingerprint density at radius 3 is 0.600 bits per heavy atom. The SMILES string of the molecule is [Na+].[Nb+5].[O-2].[O-2].[O-2]. The third-order valence-electron chi connectivity index (χ3n) is 0. The summed E-state index contributed by atoms with van der Waals surface area (Å²) >= 11 is 0. The molecular formula is NaNbO3. The molecule has 0 aromatic rings. The molecule has 0 amide bonds. The molecule has 0 aliphatic heterocycles. The molecule has 0 heterocycles. The van der Waals surface area contributed by atoms with Gasteiger partial charge in [0, 0.05) is 0 Å². The van der Waals surface area contributed by atoms with Gasteiger partial charge < -0.3 is 16.4 Å². The van der Waals surface area contributed by atoms with Crippen LogP contribution in [0.2, 0.25) is 0 Å². The van der Waals surface area contributed by atoms with Crippen LogP contribution in [-0.2, 0) is 38.8 Å². The Morgan fingerprint density at radius 2 is 0.600 bits per heavy atom. The molecule has 5 heteroatoms. The fourth-order valence-electron chi connectivity index (χ4n) is 0. The van der Waals surface area contributed by atoms with E-state index in [2.05, 4.69) is 0 Å². The summed E-state index contributed by atoms with van der Waals surface area (Å²) in [4.78, 5) is 0. The van der Waals surface area contributed by atoms with Crippen molar-refractivity contribution < 1.29 is 68.4 Å². The van der Waals surface area contributed by atoms with E-state index in [1.807, 2.05) is 0 Å². The molecule has 0 saturated carbocycles. The van der Waals surface area contributed by atoms with Gasteiger partial charge >= 0.3 is 51.9 Å². The molecule has 3 nitrogen and oxygen atoms in total. The zero-order valence-corrected chi connectivity index (χ0v) is 6.87. The molecule has 24 valence electrons. The van der Waals surface area contributed by atoms with Gasteiger partial charge in [0.1, 0.15) is 0 Å². The van der Waals surface area contributed by atoms with Crippen LogP contribution in [0.5, 0.6) is 0 Å². The van der Waals surface area contributed by atoms with Crippen molar-refractivity contribution >= 4 is 0 Å². The Kier molecular flexibility index (Phi) is 728. The van der Waals surface area contributed by atoms with E-state index >= 15 is 0 Å². The number of hydrogen-bond acceptors (Lipinski definition) is 0. The first-order chi connectivity index (χ1) is 0. The average molecular weight is 164 g/mol. The van der Waals surface area contributed by atoms with Gasteiger partial charge in [0.15, 0.2) is 0 Å². The van der Waals surface area contributed by atoms with Gasteiger partial charge in [-0.2, -0.15) is 0 Å². The van der Waals surface area contributed by atoms with Crippen molar-refractivity contribution in [3.63, 3.8) is 0 Å². The van der Waals surface area contributed by atoms with Crippen molar-refractivity contribution in [1.82, 2.24) is 0 Å². The second-order valence-electron chi connectivity index (χ2n) is 0. The molecular weight excluding hydrogens is 164 g/mol. The number of hydrogen-bond donors (Lipinski definition) is 0. The first-order valence-electron chi connectivity index (χ1n) is 0. The number of rotatable bonds is 0. The summed E-state index contributed by atoms with van der Waals surface area (Å²) in [5.74, 6) is 0. The Balaban J connectivity index is 0. The maximum Gasteiger partial charge on any atom is 5.00 e. The van der Waals surface area contributed by atoms with Crippen molar-refractivity contribution in [2.75, 3.05) is 0 Å². The second kappa shape index (κ2) is 45.7. The predicted octanol–water partition coefficient (Wildman–Crippen LogP) is -3.35. The fraction of sp³-hybridized carbons (Fsp3) is 0. The van der Waals surface area contributed by atoms with Gasteiger partial charge in [-0.1, -0.05) is 0 Å². The smallest absolute Gasteiger partial charge is 2.00 e. The Morgan fingerprint density at radius 1 is 0.600 bits per heavy atom. The van der Waals surface area contributed by atoms with Gasteiger partial charge in [-0.25, -0.2) is 0 Å². The van der Waals surface area contributed by atoms with E-state index < -0.39 is 0 Å². The summed E-state index contributed by atoms with van der Waals surface area (Å²) in [5.41, 5.74) is 0. The molecule has 0 unspecified atom stereocenters. The van der Waals surface area contributed by atoms with Crippen LogP contribution in [0.1, 0.15) is 0 Å². The Hall–Kier alpha value is 1.62. The summed E-state index contributed by atoms with van der Waals surface area (Å²) < 4.78 is 0. The second-order valence-corrected chi connectivity index (χ2v) is 0. The molecule has 0 radical (unpaired) electrons. The van der Waals surface area contributed by atoms with Crippen molar-refractivity contribution in [3.05, 3.63) is 0 Å². The van der Waals surface area contributed by atoms with Crippen LogP contribution in [0, 0.1) is 0 Å². The van der Waals surface area contributed by atoms with Crippen LogP contribution in [0.3, 0.4) is 0 Å². The molecule has 0 aromatic heterocycles. The van der Waals surface area contributed by atoms with Gasteiger partial charge in [-0.05, 0) is 0 Å². The summed E-state index contributed by atoms with van der Waals surface area (Å²) in [7, 11) is 0. The molecule has 0 atom stereocenters. The molecule has 0 N–H and O–H groups in total. The molecule has 0 bridgehead atoms. The van der Waals surface area contributed by atoms with Gasteiger partial charge in [0.2, 0.25) is 0 Å². The van der Waals surface area contributed by atoms with Crippen LogP contribution >= 0.6 is 0 Å². The van der Waals surface area contributed by atoms with Crippen molar-refractivity contribution in [3.8, 4) is 0 Å². The first kappa shape index (κ1) is 79.7. The van der Waals surface area contributed by atoms with Crippen molar-refractivity contribution in [2.45, 2.75) is 0 Å². The quantitative estimate of drug-likeness (QED) is 0.335. The summed E-state index contributed by atoms with van der Waals surface area (Å²) in [6, 6.07) is 0. The minimum Gasteiger partial charge on any atom is -2.00 e. The molecule has 0 aliphatic carbocycles. The third-order valence-corrected chi connectivity index (χ3v) is 0. The summed E-state index contributed by atoms with van der Waals surface area (Å²) in [5, 5.41) is 0. The van der Waals surface area contributed by atoms with E-state index in [0.717, 1.165) is 0 Å². The minimum atomic E-state index is 0. The zero-order chi connectivity index (χ0) is 0. The van der Waals surface area contributed by atoms with E-state index in [1.54, 1.807) is 0 Å². The van der Waals surface area contributed by atoms with E-state index in [9.17, 15) is 0 Å². The fourth-order valence-corrected chi connectivity index (χ4v) is 0. The van der Waals surface area contributed by atoms with Crippen LogP contribution in [-0.4, -0.2) is 0 Å². The molecule has 0 aromatic carbocycles. The standard InChI is InChI=1S/Na.Nb.3O/q+1;+5;3*-2. The van der Waals surface area contributed by atoms with Crippen molar-refractivity contribution in [2.24, 2.45) is 0 Å². The van der Waals surface area contributed by atoms with Crippen LogP contribution in [0.25, 0.3) is 0 Å². The van der Waals surface area contributed by atoms with E-state index in [0.29, 0.717) is 0 Å². The third kappa shape index (κ3) is 28.1. The Bertz CT molecular complexity index is 6.85. The Labute approximate surface area is 67.9 Å². The molecule has 0 saturated heterocycles. The maximum absolute atomic E-state index is 0. The van der Waals surface area contributed by atoms with Gasteiger partial charge in [-0.15, -0.1) is 0 Å². The maximum atomic E-state index is 0. The van der Waals surface area contributed by atoms with Crippen LogP contribution < -0.4 is 29.6 Å². The molecule has 0 aliphatic rings. The van der Waals surface area contributed by atoms with Crippen molar-refractivity contribution in [1.29, 1.82) is 0 Å². The predicted molar refractivity (Wildman–Crippen MR) is 2.06 cm³/mol.